The molecule has 14 aromatic rings. The van der Waals surface area contributed by atoms with Gasteiger partial charge in [-0.2, -0.15) is 5.26 Å². The number of para-hydroxylation sites is 4. The van der Waals surface area contributed by atoms with Gasteiger partial charge in [-0.15, -0.1) is 0 Å². The van der Waals surface area contributed by atoms with Crippen LogP contribution in [-0.4, -0.2) is 0 Å². The van der Waals surface area contributed by atoms with E-state index in [4.69, 9.17) is 47.9 Å². The van der Waals surface area contributed by atoms with Gasteiger partial charge in [0.1, 0.15) is 34.4 Å². The van der Waals surface area contributed by atoms with E-state index in [9.17, 15) is 14.4 Å². The summed E-state index contributed by atoms with van der Waals surface area (Å²) >= 11 is 27.3. The second-order valence-electron chi connectivity index (χ2n) is 27.9. The van der Waals surface area contributed by atoms with Crippen LogP contribution in [0.2, 0.25) is 10.0 Å². The molecule has 0 aliphatic carbocycles. The molecule has 0 N–H and O–H groups in total. The molecular weight excluding hydrogens is 1820 g/mol. The van der Waals surface area contributed by atoms with Crippen LogP contribution in [0.4, 0.5) is 0 Å². The van der Waals surface area contributed by atoms with E-state index in [-0.39, 0.29) is 11.0 Å². The lowest BCUT2D eigenvalue weighted by Crippen LogP contribution is -2.20. The molecule has 0 saturated carbocycles. The van der Waals surface area contributed by atoms with E-state index in [0.717, 1.165) is 109 Å². The Labute approximate surface area is 715 Å². The average molecular weight is 1880 g/mol. The van der Waals surface area contributed by atoms with Crippen LogP contribution < -0.4 is 39.3 Å². The lowest BCUT2D eigenvalue weighted by atomic mass is 9.93. The number of nitriles is 1. The second-order valence-corrected chi connectivity index (χ2v) is 41.1. The molecule has 4 aliphatic rings. The number of hydrogen-bond acceptors (Lipinski definition) is 9. The predicted octanol–water partition coefficient (Wildman–Crippen LogP) is 29.4. The predicted molar refractivity (Wildman–Crippen MR) is 490 cm³/mol. The van der Waals surface area contributed by atoms with Gasteiger partial charge in [0.15, 0.2) is 0 Å². The van der Waals surface area contributed by atoms with Crippen molar-refractivity contribution < 1.29 is 36.4 Å². The Morgan fingerprint density at radius 2 is 0.776 bits per heavy atom. The average Bonchev–Trinajstić information content (AvgIpc) is 0.742. The highest BCUT2D eigenvalue weighted by Gasteiger charge is 2.45. The van der Waals surface area contributed by atoms with Crippen LogP contribution in [0.1, 0.15) is 44.5 Å². The highest BCUT2D eigenvalue weighted by Crippen LogP contribution is 2.67. The highest BCUT2D eigenvalue weighted by molar-refractivity contribution is 9.11. The molecule has 0 radical (unpaired) electrons. The summed E-state index contributed by atoms with van der Waals surface area (Å²) in [6.45, 7) is 12.1. The first kappa shape index (κ1) is 78.2. The molecule has 10 nitrogen and oxygen atoms in total. The van der Waals surface area contributed by atoms with E-state index in [1.54, 1.807) is 30.3 Å². The minimum absolute atomic E-state index is 0.0223. The fourth-order valence-corrected chi connectivity index (χ4v) is 28.7. The van der Waals surface area contributed by atoms with E-state index < -0.39 is 29.5 Å². The summed E-state index contributed by atoms with van der Waals surface area (Å²) in [6.07, 6.45) is 5.56. The van der Waals surface area contributed by atoms with Crippen LogP contribution in [0.25, 0.3) is 106 Å². The maximum Gasteiger partial charge on any atom is 0.318 e. The van der Waals surface area contributed by atoms with Gasteiger partial charge in [-0.25, -0.2) is 4.85 Å². The van der Waals surface area contributed by atoms with Gasteiger partial charge in [-0.3, -0.25) is 18.3 Å². The number of benzene rings is 14. The molecule has 0 saturated heterocycles. The number of hydrogen-bond donors (Lipinski definition) is 0. The summed E-state index contributed by atoms with van der Waals surface area (Å²) in [5.41, 5.74) is 17.1. The zero-order valence-electron chi connectivity index (χ0n) is 61.4. The number of rotatable bonds is 12. The van der Waals surface area contributed by atoms with E-state index >= 15 is 9.13 Å². The Bertz CT molecular complexity index is 6670. The van der Waals surface area contributed by atoms with Crippen molar-refractivity contribution in [1.82, 2.24) is 0 Å². The zero-order chi connectivity index (χ0) is 80.4. The Kier molecular flexibility index (Phi) is 21.5. The van der Waals surface area contributed by atoms with E-state index in [1.807, 2.05) is 281 Å². The fourth-order valence-electron chi connectivity index (χ4n) is 15.2. The van der Waals surface area contributed by atoms with E-state index in [1.165, 1.54) is 5.82 Å². The van der Waals surface area contributed by atoms with Crippen molar-refractivity contribution in [2.24, 2.45) is 0 Å². The lowest BCUT2D eigenvalue weighted by Gasteiger charge is -2.30. The van der Waals surface area contributed by atoms with Gasteiger partial charge in [0.2, 0.25) is 5.70 Å². The third-order valence-corrected chi connectivity index (χ3v) is 33.4. The highest BCUT2D eigenvalue weighted by atomic mass is 79.9. The van der Waals surface area contributed by atoms with Gasteiger partial charge in [-0.1, -0.05) is 273 Å². The van der Waals surface area contributed by atoms with Crippen LogP contribution in [0, 0.1) is 31.8 Å². The molecule has 0 spiro atoms. The topological polar surface area (TPSA) is 133 Å². The summed E-state index contributed by atoms with van der Waals surface area (Å²) in [7, 11) is -14.9. The number of nitrogens with zero attached hydrogens (tertiary/aromatic N) is 2. The van der Waals surface area contributed by atoms with Crippen LogP contribution in [-0.2, 0) is 18.3 Å². The molecule has 116 heavy (non-hydrogen) atoms. The molecule has 4 unspecified atom stereocenters. The molecule has 564 valence electrons. The van der Waals surface area contributed by atoms with Crippen molar-refractivity contribution in [3.05, 3.63) is 398 Å². The minimum Gasteiger partial charge on any atom is -0.437 e. The SMILES string of the molecule is O=P1(/C(=C/c2ccc(-c3ccc(/C=C(\c4ccccc4)P4(=O)Oc5ccccc5-c5cc(Cl)ccc54)cc3)cc2)c2ccccc2)Oc2ccccc2-c2cc(Cl)ccc21.[C-]#[N+]/C(=C\P1(=O)Oc2ccccc2-c2cc(Br)cc(Br)c21)c1ccc(-c2ccc(/C=C(\C#N)P3(=O)Oc4ccccc4-c4cc(Br)cc(Br)c43)cc2C)c(C)c1. The quantitative estimate of drug-likeness (QED) is 0.0507. The van der Waals surface area contributed by atoms with Crippen LogP contribution in [0.5, 0.6) is 23.0 Å². The first-order chi connectivity index (χ1) is 56.1. The van der Waals surface area contributed by atoms with Crippen molar-refractivity contribution in [2.45, 2.75) is 13.8 Å². The molecule has 0 aromatic heterocycles. The first-order valence-corrected chi connectivity index (χ1v) is 47.0. The Morgan fingerprint density at radius 1 is 0.379 bits per heavy atom. The van der Waals surface area contributed by atoms with Crippen LogP contribution in [0.3, 0.4) is 0 Å². The minimum atomic E-state index is -3.87. The smallest absolute Gasteiger partial charge is 0.318 e. The molecule has 18 rings (SSSR count). The molecule has 0 amide bonds. The monoisotopic (exact) mass is 1880 g/mol. The summed E-state index contributed by atoms with van der Waals surface area (Å²) in [6, 6.07) is 98.0. The van der Waals surface area contributed by atoms with Gasteiger partial charge < -0.3 is 18.1 Å². The zero-order valence-corrected chi connectivity index (χ0v) is 72.8. The van der Waals surface area contributed by atoms with Gasteiger partial charge >= 0.3 is 22.1 Å². The van der Waals surface area contributed by atoms with Gasteiger partial charge in [0, 0.05) is 78.3 Å². The number of allylic oxidation sites excluding steroid dienone is 1. The summed E-state index contributed by atoms with van der Waals surface area (Å²) < 4.78 is 88.8. The maximum absolute atomic E-state index is 15.4. The van der Waals surface area contributed by atoms with Crippen LogP contribution in [0.15, 0.2) is 332 Å². The number of aryl methyl sites for hydroxylation is 2. The van der Waals surface area contributed by atoms with Crippen molar-refractivity contribution in [1.29, 1.82) is 5.26 Å². The largest absolute Gasteiger partial charge is 0.437 e. The second kappa shape index (κ2) is 31.9. The Hall–Kier alpha value is -10.4. The Morgan fingerprint density at radius 3 is 1.22 bits per heavy atom. The molecule has 4 heterocycles. The van der Waals surface area contributed by atoms with Crippen LogP contribution >= 0.6 is 116 Å². The molecule has 14 aromatic carbocycles. The molecular formula is C96H60Br4Cl2N2O8P4. The Balaban J connectivity index is 0.000000167. The van der Waals surface area contributed by atoms with Crippen molar-refractivity contribution in [3.63, 3.8) is 0 Å². The van der Waals surface area contributed by atoms with Crippen molar-refractivity contribution in [3.8, 4) is 95.8 Å². The summed E-state index contributed by atoms with van der Waals surface area (Å²) in [4.78, 5) is 3.83. The molecule has 0 fully saturated rings. The summed E-state index contributed by atoms with van der Waals surface area (Å²) in [5, 5.41) is 14.9. The normalized spacial score (nSPS) is 18.1. The van der Waals surface area contributed by atoms with Gasteiger partial charge in [0.05, 0.1) is 38.4 Å². The third-order valence-electron chi connectivity index (χ3n) is 20.6. The fraction of sp³-hybridized carbons (Fsp3) is 0.0208. The number of fused-ring (bicyclic) bond motifs is 12. The van der Waals surface area contributed by atoms with Gasteiger partial charge in [-0.05, 0) is 216 Å². The first-order valence-electron chi connectivity index (χ1n) is 36.5. The standard InChI is InChI=1S/C52H34Cl2O4P2.C44H26Br4N2O4P2/c53-41-27-29-49-45(33-41)43-15-7-9-17-47(43)57-59(49,55)51(39-11-3-1-4-12-39)31-35-19-23-37(24-20-35)38-25-21-36(22-26-38)32-52(40-13-5-2-6-14-40)60(56)50-30-28-42(54)34-46(50)44-16-8-10-18-48(44)58-60;1-25-16-27(18-31(23-49)56(52)44-37(20-30(46)22-39(44)48)35-9-5-7-11-42(35)54-56)12-14-32(25)33-15-13-28(17-26(33)2)40(50-3)24-55(51)43-36(19-29(45)21-38(43)47)34-8-4-6-10-41(34)53-55/h1-34H;4-22,24H,1-2H3/b51-31+,52-32+;31-18+,40-24-. The molecule has 4 atom stereocenters. The third kappa shape index (κ3) is 14.7. The molecule has 4 aliphatic heterocycles. The molecule has 20 heteroatoms. The lowest BCUT2D eigenvalue weighted by molar-refractivity contribution is 0.498. The van der Waals surface area contributed by atoms with E-state index in [2.05, 4.69) is 98.9 Å². The van der Waals surface area contributed by atoms with E-state index in [0.29, 0.717) is 85.0 Å². The van der Waals surface area contributed by atoms with Crippen molar-refractivity contribution >= 4 is 172 Å². The summed E-state index contributed by atoms with van der Waals surface area (Å²) in [5.74, 6) is 3.52. The van der Waals surface area contributed by atoms with Crippen molar-refractivity contribution in [2.75, 3.05) is 0 Å². The van der Waals surface area contributed by atoms with Gasteiger partial charge in [0.25, 0.3) is 7.37 Å². The molecule has 0 bridgehead atoms. The maximum atomic E-state index is 15.4. The number of halogens is 6.